The lowest BCUT2D eigenvalue weighted by atomic mass is 10.3. The van der Waals surface area contributed by atoms with E-state index in [-0.39, 0.29) is 11.1 Å². The fourth-order valence-electron chi connectivity index (χ4n) is 2.60. The quantitative estimate of drug-likeness (QED) is 0.686. The van der Waals surface area contributed by atoms with Gasteiger partial charge in [0.1, 0.15) is 0 Å². The summed E-state index contributed by atoms with van der Waals surface area (Å²) in [5.74, 6) is -0.486. The van der Waals surface area contributed by atoms with Crippen molar-refractivity contribution in [1.29, 1.82) is 0 Å². The van der Waals surface area contributed by atoms with Crippen molar-refractivity contribution in [3.05, 3.63) is 84.7 Å². The van der Waals surface area contributed by atoms with E-state index in [0.717, 1.165) is 0 Å². The third kappa shape index (κ3) is 2.69. The second-order valence-corrected chi connectivity index (χ2v) is 7.81. The molecule has 0 spiro atoms. The van der Waals surface area contributed by atoms with Crippen molar-refractivity contribution in [3.8, 4) is 5.75 Å². The lowest BCUT2D eigenvalue weighted by Gasteiger charge is -2.21. The highest BCUT2D eigenvalue weighted by Gasteiger charge is 2.33. The zero-order valence-electron chi connectivity index (χ0n) is 12.6. The second kappa shape index (κ2) is 6.39. The molecule has 0 amide bonds. The van der Waals surface area contributed by atoms with Crippen LogP contribution in [0.5, 0.6) is 5.75 Å². The van der Waals surface area contributed by atoms with Gasteiger partial charge in [-0.1, -0.05) is 66.7 Å². The van der Waals surface area contributed by atoms with E-state index in [9.17, 15) is 8.96 Å². The molecule has 0 fully saturated rings. The van der Waals surface area contributed by atoms with Gasteiger partial charge in [0.15, 0.2) is 18.7 Å². The summed E-state index contributed by atoms with van der Waals surface area (Å²) in [6, 6.07) is 22.8. The largest absolute Gasteiger partial charge is 0.494 e. The highest BCUT2D eigenvalue weighted by molar-refractivity contribution is 7.85. The molecule has 116 valence electrons. The molecule has 4 heteroatoms. The Balaban J connectivity index is 2.33. The highest BCUT2D eigenvalue weighted by Crippen LogP contribution is 2.43. The number of rotatable bonds is 4. The first kappa shape index (κ1) is 15.5. The molecule has 2 nitrogen and oxygen atoms in total. The minimum absolute atomic E-state index is 0.0922. The maximum absolute atomic E-state index is 14.8. The van der Waals surface area contributed by atoms with Crippen LogP contribution in [0.1, 0.15) is 0 Å². The van der Waals surface area contributed by atoms with Crippen LogP contribution in [0, 0.1) is 5.82 Å². The van der Waals surface area contributed by atoms with Crippen LogP contribution >= 0.6 is 7.14 Å². The van der Waals surface area contributed by atoms with Crippen molar-refractivity contribution in [2.45, 2.75) is 0 Å². The lowest BCUT2D eigenvalue weighted by molar-refractivity contribution is 0.388. The van der Waals surface area contributed by atoms with Crippen molar-refractivity contribution in [2.75, 3.05) is 7.11 Å². The fourth-order valence-corrected chi connectivity index (χ4v) is 5.32. The summed E-state index contributed by atoms with van der Waals surface area (Å²) in [6.07, 6.45) is 0. The van der Waals surface area contributed by atoms with Gasteiger partial charge in [0.05, 0.1) is 12.4 Å². The molecule has 3 rings (SSSR count). The number of methoxy groups -OCH3 is 1. The van der Waals surface area contributed by atoms with E-state index >= 15 is 0 Å². The summed E-state index contributed by atoms with van der Waals surface area (Å²) >= 11 is 0. The average Bonchev–Trinajstić information content (AvgIpc) is 2.63. The molecule has 0 bridgehead atoms. The Hall–Kier alpha value is -2.38. The molecule has 0 radical (unpaired) electrons. The standard InChI is InChI=1S/C19H16FO2P/c1-22-17-13-8-14-18(19(17)20)23(21,15-9-4-2-5-10-15)16-11-6-3-7-12-16/h2-14H,1H3. The molecule has 0 heterocycles. The molecule has 0 N–H and O–H groups in total. The highest BCUT2D eigenvalue weighted by atomic mass is 31.2. The third-order valence-electron chi connectivity index (χ3n) is 3.74. The van der Waals surface area contributed by atoms with Crippen LogP contribution in [0.15, 0.2) is 78.9 Å². The minimum atomic E-state index is -3.31. The van der Waals surface area contributed by atoms with Gasteiger partial charge < -0.3 is 9.30 Å². The number of hydrogen-bond donors (Lipinski definition) is 0. The molecule has 0 saturated carbocycles. The topological polar surface area (TPSA) is 26.3 Å². The smallest absolute Gasteiger partial charge is 0.176 e. The molecule has 0 unspecified atom stereocenters. The molecule has 0 atom stereocenters. The van der Waals surface area contributed by atoms with Crippen molar-refractivity contribution in [3.63, 3.8) is 0 Å². The van der Waals surface area contributed by atoms with Crippen molar-refractivity contribution in [2.24, 2.45) is 0 Å². The number of hydrogen-bond acceptors (Lipinski definition) is 2. The predicted molar refractivity (Wildman–Crippen MR) is 92.3 cm³/mol. The van der Waals surface area contributed by atoms with Crippen LogP contribution < -0.4 is 20.7 Å². The summed E-state index contributed by atoms with van der Waals surface area (Å²) in [6.45, 7) is 0. The van der Waals surface area contributed by atoms with Crippen LogP contribution in [-0.4, -0.2) is 7.11 Å². The van der Waals surface area contributed by atoms with Crippen LogP contribution in [-0.2, 0) is 4.57 Å². The number of benzene rings is 3. The van der Waals surface area contributed by atoms with Crippen LogP contribution in [0.25, 0.3) is 0 Å². The maximum atomic E-state index is 14.8. The molecule has 0 aliphatic rings. The van der Waals surface area contributed by atoms with Crippen LogP contribution in [0.3, 0.4) is 0 Å². The zero-order chi connectivity index (χ0) is 16.3. The second-order valence-electron chi connectivity index (χ2n) is 5.07. The number of ether oxygens (including phenoxy) is 1. The summed E-state index contributed by atoms with van der Waals surface area (Å²) < 4.78 is 33.9. The Bertz CT molecular complexity index is 804. The molecule has 0 saturated heterocycles. The van der Waals surface area contributed by atoms with Gasteiger partial charge in [0.2, 0.25) is 0 Å². The molecular formula is C19H16FO2P. The van der Waals surface area contributed by atoms with E-state index in [1.807, 2.05) is 36.4 Å². The summed E-state index contributed by atoms with van der Waals surface area (Å²) in [7, 11) is -1.91. The van der Waals surface area contributed by atoms with Gasteiger partial charge in [-0.25, -0.2) is 4.39 Å². The van der Waals surface area contributed by atoms with Crippen LogP contribution in [0.4, 0.5) is 4.39 Å². The molecule has 0 aliphatic heterocycles. The molecule has 23 heavy (non-hydrogen) atoms. The van der Waals surface area contributed by atoms with E-state index < -0.39 is 13.0 Å². The van der Waals surface area contributed by atoms with Crippen LogP contribution in [0.2, 0.25) is 0 Å². The summed E-state index contributed by atoms with van der Waals surface area (Å²) in [5, 5.41) is 1.35. The van der Waals surface area contributed by atoms with Gasteiger partial charge in [-0.2, -0.15) is 0 Å². The Morgan fingerprint density at radius 1 is 0.783 bits per heavy atom. The first-order valence-electron chi connectivity index (χ1n) is 7.22. The van der Waals surface area contributed by atoms with Crippen molar-refractivity contribution >= 4 is 23.1 Å². The zero-order valence-corrected chi connectivity index (χ0v) is 13.5. The normalized spacial score (nSPS) is 11.2. The molecule has 0 aromatic heterocycles. The first-order chi connectivity index (χ1) is 11.2. The van der Waals surface area contributed by atoms with E-state index in [4.69, 9.17) is 4.74 Å². The minimum Gasteiger partial charge on any atom is -0.494 e. The molecule has 3 aromatic rings. The van der Waals surface area contributed by atoms with Gasteiger partial charge >= 0.3 is 0 Å². The van der Waals surface area contributed by atoms with Gasteiger partial charge in [0.25, 0.3) is 0 Å². The Kier molecular flexibility index (Phi) is 4.31. The van der Waals surface area contributed by atoms with Gasteiger partial charge in [0, 0.05) is 10.6 Å². The monoisotopic (exact) mass is 326 g/mol. The van der Waals surface area contributed by atoms with Gasteiger partial charge in [-0.3, -0.25) is 0 Å². The molecule has 3 aromatic carbocycles. The lowest BCUT2D eigenvalue weighted by Crippen LogP contribution is -2.27. The Labute approximate surface area is 134 Å². The van der Waals surface area contributed by atoms with Crippen molar-refractivity contribution < 1.29 is 13.7 Å². The van der Waals surface area contributed by atoms with E-state index in [1.54, 1.807) is 36.4 Å². The fraction of sp³-hybridized carbons (Fsp3) is 0.0526. The van der Waals surface area contributed by atoms with Crippen molar-refractivity contribution in [1.82, 2.24) is 0 Å². The SMILES string of the molecule is COc1cccc(P(=O)(c2ccccc2)c2ccccc2)c1F. The van der Waals surface area contributed by atoms with E-state index in [1.165, 1.54) is 13.2 Å². The average molecular weight is 326 g/mol. The molecule has 0 aliphatic carbocycles. The third-order valence-corrected chi connectivity index (χ3v) is 6.82. The number of halogens is 1. The van der Waals surface area contributed by atoms with E-state index in [0.29, 0.717) is 10.6 Å². The molecular weight excluding hydrogens is 310 g/mol. The summed E-state index contributed by atoms with van der Waals surface area (Å²) in [5.41, 5.74) is 0. The van der Waals surface area contributed by atoms with Gasteiger partial charge in [-0.05, 0) is 12.1 Å². The van der Waals surface area contributed by atoms with E-state index in [2.05, 4.69) is 0 Å². The van der Waals surface area contributed by atoms with Gasteiger partial charge in [-0.15, -0.1) is 0 Å². The predicted octanol–water partition coefficient (Wildman–Crippen LogP) is 3.47. The Morgan fingerprint density at radius 3 is 1.78 bits per heavy atom. The first-order valence-corrected chi connectivity index (χ1v) is 8.93. The summed E-state index contributed by atoms with van der Waals surface area (Å²) in [4.78, 5) is 0. The Morgan fingerprint density at radius 2 is 1.30 bits per heavy atom. The maximum Gasteiger partial charge on any atom is 0.176 e.